The monoisotopic (exact) mass is 619 g/mol. The first-order chi connectivity index (χ1) is 21.6. The van der Waals surface area contributed by atoms with Gasteiger partial charge in [0.15, 0.2) is 0 Å². The normalized spacial score (nSPS) is 12.8. The van der Waals surface area contributed by atoms with Gasteiger partial charge in [0.05, 0.1) is 25.6 Å². The van der Waals surface area contributed by atoms with Gasteiger partial charge < -0.3 is 36.8 Å². The van der Waals surface area contributed by atoms with Crippen molar-refractivity contribution in [3.63, 3.8) is 0 Å². The van der Waals surface area contributed by atoms with Gasteiger partial charge in [0, 0.05) is 6.54 Å². The zero-order valence-corrected chi connectivity index (χ0v) is 25.5. The highest BCUT2D eigenvalue weighted by molar-refractivity contribution is 5.92. The van der Waals surface area contributed by atoms with Gasteiger partial charge in [0.25, 0.3) is 0 Å². The second kappa shape index (κ2) is 17.4. The Hall–Kier alpha value is -4.97. The number of benzene rings is 3. The zero-order chi connectivity index (χ0) is 32.8. The van der Waals surface area contributed by atoms with E-state index in [0.717, 1.165) is 27.6 Å². The zero-order valence-electron chi connectivity index (χ0n) is 25.5. The third-order valence-electron chi connectivity index (χ3n) is 7.31. The summed E-state index contributed by atoms with van der Waals surface area (Å²) in [6, 6.07) is 18.9. The molecule has 2 unspecified atom stereocenters. The molecule has 0 spiro atoms. The summed E-state index contributed by atoms with van der Waals surface area (Å²) in [5, 5.41) is 21.1. The molecular formula is C33H41N5O7. The van der Waals surface area contributed by atoms with Gasteiger partial charge in [-0.05, 0) is 66.6 Å². The fraction of sp³-hybridized carbons (Fsp3) is 0.364. The number of carbonyl (C=O) groups excluding carboxylic acids is 4. The Balaban J connectivity index is 1.45. The first-order valence-electron chi connectivity index (χ1n) is 14.8. The van der Waals surface area contributed by atoms with Crippen molar-refractivity contribution in [3.05, 3.63) is 77.9 Å². The van der Waals surface area contributed by atoms with Crippen LogP contribution in [0.4, 0.5) is 0 Å². The van der Waals surface area contributed by atoms with Crippen molar-refractivity contribution in [2.24, 2.45) is 5.73 Å². The van der Waals surface area contributed by atoms with Gasteiger partial charge in [-0.25, -0.2) is 0 Å². The van der Waals surface area contributed by atoms with Crippen LogP contribution in [0.2, 0.25) is 0 Å². The van der Waals surface area contributed by atoms with Crippen LogP contribution in [0.3, 0.4) is 0 Å². The number of hydrogen-bond acceptors (Lipinski definition) is 7. The van der Waals surface area contributed by atoms with E-state index in [-0.39, 0.29) is 18.2 Å². The van der Waals surface area contributed by atoms with Crippen molar-refractivity contribution in [1.82, 2.24) is 21.3 Å². The van der Waals surface area contributed by atoms with Gasteiger partial charge in [-0.15, -0.1) is 0 Å². The van der Waals surface area contributed by atoms with Gasteiger partial charge in [0.2, 0.25) is 23.6 Å². The van der Waals surface area contributed by atoms with E-state index in [0.29, 0.717) is 25.8 Å². The number of unbranched alkanes of at least 4 members (excludes halogenated alkanes) is 1. The Kier molecular flexibility index (Phi) is 13.3. The van der Waals surface area contributed by atoms with Gasteiger partial charge in [-0.3, -0.25) is 24.0 Å². The van der Waals surface area contributed by atoms with Gasteiger partial charge in [0.1, 0.15) is 18.3 Å². The molecule has 4 amide bonds. The van der Waals surface area contributed by atoms with E-state index >= 15 is 0 Å². The highest BCUT2D eigenvalue weighted by Gasteiger charge is 2.22. The van der Waals surface area contributed by atoms with Crippen molar-refractivity contribution in [3.8, 4) is 5.75 Å². The molecule has 0 aliphatic heterocycles. The van der Waals surface area contributed by atoms with Crippen molar-refractivity contribution in [2.75, 3.05) is 26.7 Å². The largest absolute Gasteiger partial charge is 0.497 e. The third kappa shape index (κ3) is 11.2. The van der Waals surface area contributed by atoms with Crippen LogP contribution in [0.5, 0.6) is 5.75 Å². The maximum absolute atomic E-state index is 12.8. The molecule has 3 aromatic carbocycles. The standard InChI is InChI=1S/C33H41N5O7/c1-21(23-11-12-25-18-26(45-2)14-13-24(25)17-23)31(42)35-15-7-6-10-28(33(44)37-20-30(40)41)38-29(39)19-36-32(43)27(34)16-22-8-4-3-5-9-22/h3-5,8-9,11-14,17-18,21,27-28H,6-7,10,15-16,19-20,34H2,1-2H3,(H,35,42)(H,36,43)(H,37,44)(H,38,39)(H,40,41)/t21?,27-,28?/m1/s1. The molecule has 3 atom stereocenters. The number of aliphatic carboxylic acids is 1. The van der Waals surface area contributed by atoms with Crippen LogP contribution in [-0.4, -0.2) is 73.5 Å². The summed E-state index contributed by atoms with van der Waals surface area (Å²) in [5.41, 5.74) is 7.70. The number of amides is 4. The number of hydrogen-bond donors (Lipinski definition) is 6. The summed E-state index contributed by atoms with van der Waals surface area (Å²) in [6.07, 6.45) is 1.45. The first-order valence-corrected chi connectivity index (χ1v) is 14.8. The van der Waals surface area contributed by atoms with Crippen molar-refractivity contribution in [1.29, 1.82) is 0 Å². The summed E-state index contributed by atoms with van der Waals surface area (Å²) in [4.78, 5) is 61.3. The van der Waals surface area contributed by atoms with Gasteiger partial charge in [-0.1, -0.05) is 54.6 Å². The molecule has 7 N–H and O–H groups in total. The average Bonchev–Trinajstić information content (AvgIpc) is 3.04. The third-order valence-corrected chi connectivity index (χ3v) is 7.31. The molecule has 3 aromatic rings. The second-order valence-electron chi connectivity index (χ2n) is 10.7. The quantitative estimate of drug-likeness (QED) is 0.123. The minimum absolute atomic E-state index is 0.145. The van der Waals surface area contributed by atoms with E-state index < -0.39 is 48.9 Å². The van der Waals surface area contributed by atoms with Crippen LogP contribution in [-0.2, 0) is 30.4 Å². The number of rotatable bonds is 17. The summed E-state index contributed by atoms with van der Waals surface area (Å²) in [6.45, 7) is 1.17. The van der Waals surface area contributed by atoms with E-state index in [1.807, 2.05) is 73.7 Å². The lowest BCUT2D eigenvalue weighted by Gasteiger charge is -2.19. The summed E-state index contributed by atoms with van der Waals surface area (Å²) in [7, 11) is 1.61. The molecule has 3 rings (SSSR count). The van der Waals surface area contributed by atoms with E-state index in [1.165, 1.54) is 0 Å². The lowest BCUT2D eigenvalue weighted by molar-refractivity contribution is -0.138. The van der Waals surface area contributed by atoms with Gasteiger partial charge >= 0.3 is 5.97 Å². The number of carbonyl (C=O) groups is 5. The second-order valence-corrected chi connectivity index (χ2v) is 10.7. The number of carboxylic acids is 1. The highest BCUT2D eigenvalue weighted by Crippen LogP contribution is 2.25. The Morgan fingerprint density at radius 3 is 2.22 bits per heavy atom. The fourth-order valence-corrected chi connectivity index (χ4v) is 4.69. The lowest BCUT2D eigenvalue weighted by Crippen LogP contribution is -2.51. The van der Waals surface area contributed by atoms with Gasteiger partial charge in [-0.2, -0.15) is 0 Å². The molecule has 45 heavy (non-hydrogen) atoms. The Morgan fingerprint density at radius 2 is 1.51 bits per heavy atom. The van der Waals surface area contributed by atoms with E-state index in [2.05, 4.69) is 21.3 Å². The first kappa shape index (κ1) is 34.5. The minimum atomic E-state index is -1.23. The molecule has 0 aromatic heterocycles. The molecule has 0 aliphatic rings. The fourth-order valence-electron chi connectivity index (χ4n) is 4.69. The van der Waals surface area contributed by atoms with Crippen molar-refractivity contribution < 1.29 is 33.8 Å². The number of ether oxygens (including phenoxy) is 1. The van der Waals surface area contributed by atoms with E-state index in [4.69, 9.17) is 15.6 Å². The minimum Gasteiger partial charge on any atom is -0.497 e. The molecule has 0 heterocycles. The van der Waals surface area contributed by atoms with E-state index in [1.54, 1.807) is 7.11 Å². The van der Waals surface area contributed by atoms with Crippen LogP contribution in [0.15, 0.2) is 66.7 Å². The smallest absolute Gasteiger partial charge is 0.322 e. The summed E-state index contributed by atoms with van der Waals surface area (Å²) < 4.78 is 5.26. The molecule has 0 bridgehead atoms. The van der Waals surface area contributed by atoms with Crippen LogP contribution in [0.1, 0.15) is 43.2 Å². The average molecular weight is 620 g/mol. The molecule has 12 nitrogen and oxygen atoms in total. The lowest BCUT2D eigenvalue weighted by atomic mass is 9.97. The molecule has 240 valence electrons. The number of fused-ring (bicyclic) bond motifs is 1. The molecule has 0 aliphatic carbocycles. The number of carboxylic acid groups (broad SMARTS) is 1. The maximum atomic E-state index is 12.8. The topological polar surface area (TPSA) is 189 Å². The summed E-state index contributed by atoms with van der Waals surface area (Å²) in [5.74, 6) is -2.81. The Bertz CT molecular complexity index is 1480. The Labute approximate surface area is 262 Å². The summed E-state index contributed by atoms with van der Waals surface area (Å²) >= 11 is 0. The predicted molar refractivity (Wildman–Crippen MR) is 169 cm³/mol. The molecule has 0 saturated heterocycles. The molecule has 12 heteroatoms. The van der Waals surface area contributed by atoms with Crippen molar-refractivity contribution >= 4 is 40.4 Å². The molecule has 0 radical (unpaired) electrons. The number of methoxy groups -OCH3 is 1. The van der Waals surface area contributed by atoms with Crippen LogP contribution < -0.4 is 31.7 Å². The van der Waals surface area contributed by atoms with E-state index in [9.17, 15) is 24.0 Å². The predicted octanol–water partition coefficient (Wildman–Crippen LogP) is 1.61. The highest BCUT2D eigenvalue weighted by atomic mass is 16.5. The van der Waals surface area contributed by atoms with Crippen molar-refractivity contribution in [2.45, 2.75) is 50.6 Å². The van der Waals surface area contributed by atoms with Crippen LogP contribution in [0.25, 0.3) is 10.8 Å². The van der Waals surface area contributed by atoms with Crippen LogP contribution in [0, 0.1) is 0 Å². The number of nitrogens with two attached hydrogens (primary N) is 1. The molecular weight excluding hydrogens is 578 g/mol. The molecule has 0 fully saturated rings. The molecule has 0 saturated carbocycles. The van der Waals surface area contributed by atoms with Crippen LogP contribution >= 0.6 is 0 Å². The Morgan fingerprint density at radius 1 is 0.822 bits per heavy atom. The SMILES string of the molecule is COc1ccc2cc(C(C)C(=O)NCCCCC(NC(=O)CNC(=O)[C@H](N)Cc3ccccc3)C(=O)NCC(=O)O)ccc2c1. The maximum Gasteiger partial charge on any atom is 0.322 e. The number of nitrogens with one attached hydrogen (secondary N) is 4.